The van der Waals surface area contributed by atoms with Crippen molar-refractivity contribution >= 4 is 11.9 Å². The standard InChI is InChI=1S/C30H49N3O5/c1-6-8-15-32(16-10-9-14-31(4)5)28(34)20-33-19-24(23-12-13-26-27(18-23)38-21-37-26)29(30(35)36)25(33)17-22(3)11-7-2/h12-13,18,22,24-25,29H,6-11,14-17,19-21H2,1-5H3,(H,35,36)/t22?,24-,25+,29?/m1/s1. The van der Waals surface area contributed by atoms with E-state index in [4.69, 9.17) is 9.47 Å². The van der Waals surface area contributed by atoms with Crippen LogP contribution >= 0.6 is 0 Å². The second kappa shape index (κ2) is 14.7. The zero-order valence-corrected chi connectivity index (χ0v) is 24.2. The minimum atomic E-state index is -0.789. The number of benzene rings is 1. The van der Waals surface area contributed by atoms with Gasteiger partial charge in [-0.05, 0) is 69.9 Å². The summed E-state index contributed by atoms with van der Waals surface area (Å²) in [5, 5.41) is 10.4. The van der Waals surface area contributed by atoms with Crippen molar-refractivity contribution in [3.63, 3.8) is 0 Å². The number of carbonyl (C=O) groups is 2. The molecule has 2 aliphatic heterocycles. The highest BCUT2D eigenvalue weighted by atomic mass is 16.7. The summed E-state index contributed by atoms with van der Waals surface area (Å²) < 4.78 is 11.1. The van der Waals surface area contributed by atoms with Gasteiger partial charge in [-0.25, -0.2) is 0 Å². The fraction of sp³-hybridized carbons (Fsp3) is 0.733. The first-order valence-electron chi connectivity index (χ1n) is 14.5. The first-order chi connectivity index (χ1) is 18.2. The number of rotatable bonds is 16. The number of hydrogen-bond acceptors (Lipinski definition) is 6. The number of fused-ring (bicyclic) bond motifs is 1. The van der Waals surface area contributed by atoms with Crippen molar-refractivity contribution in [1.82, 2.24) is 14.7 Å². The van der Waals surface area contributed by atoms with E-state index in [0.29, 0.717) is 24.0 Å². The van der Waals surface area contributed by atoms with Crippen molar-refractivity contribution in [2.45, 2.75) is 77.7 Å². The molecule has 1 aromatic carbocycles. The van der Waals surface area contributed by atoms with Crippen LogP contribution in [-0.4, -0.2) is 91.3 Å². The first kappa shape index (κ1) is 30.2. The Morgan fingerprint density at radius 2 is 1.76 bits per heavy atom. The van der Waals surface area contributed by atoms with Crippen molar-refractivity contribution in [2.75, 3.05) is 53.6 Å². The van der Waals surface area contributed by atoms with E-state index in [9.17, 15) is 14.7 Å². The zero-order chi connectivity index (χ0) is 27.7. The molecule has 2 heterocycles. The molecule has 0 radical (unpaired) electrons. The van der Waals surface area contributed by atoms with E-state index in [1.165, 1.54) is 0 Å². The summed E-state index contributed by atoms with van der Waals surface area (Å²) in [5.74, 6) is 0.293. The van der Waals surface area contributed by atoms with Gasteiger partial charge < -0.3 is 24.4 Å². The van der Waals surface area contributed by atoms with Crippen LogP contribution in [0.5, 0.6) is 11.5 Å². The van der Waals surface area contributed by atoms with Gasteiger partial charge in [-0.15, -0.1) is 0 Å². The summed E-state index contributed by atoms with van der Waals surface area (Å²) in [5.41, 5.74) is 0.941. The lowest BCUT2D eigenvalue weighted by Gasteiger charge is -2.31. The third kappa shape index (κ3) is 8.09. The minimum absolute atomic E-state index is 0.118. The fourth-order valence-corrected chi connectivity index (χ4v) is 6.01. The lowest BCUT2D eigenvalue weighted by molar-refractivity contribution is -0.144. The van der Waals surface area contributed by atoms with Crippen LogP contribution in [0.15, 0.2) is 18.2 Å². The molecule has 8 heteroatoms. The molecule has 0 aliphatic carbocycles. The number of hydrogen-bond donors (Lipinski definition) is 1. The molecule has 8 nitrogen and oxygen atoms in total. The van der Waals surface area contributed by atoms with Crippen LogP contribution in [-0.2, 0) is 9.59 Å². The van der Waals surface area contributed by atoms with Crippen molar-refractivity contribution in [3.05, 3.63) is 23.8 Å². The smallest absolute Gasteiger partial charge is 0.308 e. The highest BCUT2D eigenvalue weighted by molar-refractivity contribution is 5.79. The van der Waals surface area contributed by atoms with Crippen molar-refractivity contribution in [2.24, 2.45) is 11.8 Å². The second-order valence-corrected chi connectivity index (χ2v) is 11.5. The quantitative estimate of drug-likeness (QED) is 0.310. The average Bonchev–Trinajstić information content (AvgIpc) is 3.47. The Morgan fingerprint density at radius 3 is 2.45 bits per heavy atom. The first-order valence-corrected chi connectivity index (χ1v) is 14.5. The maximum Gasteiger partial charge on any atom is 0.308 e. The van der Waals surface area contributed by atoms with E-state index in [1.54, 1.807) is 0 Å². The Balaban J connectivity index is 1.81. The predicted molar refractivity (Wildman–Crippen MR) is 150 cm³/mol. The van der Waals surface area contributed by atoms with E-state index >= 15 is 0 Å². The maximum absolute atomic E-state index is 13.7. The second-order valence-electron chi connectivity index (χ2n) is 11.5. The van der Waals surface area contributed by atoms with Gasteiger partial charge in [0.25, 0.3) is 0 Å². The summed E-state index contributed by atoms with van der Waals surface area (Å²) in [7, 11) is 4.14. The number of likely N-dealkylation sites (tertiary alicyclic amines) is 1. The van der Waals surface area contributed by atoms with E-state index in [2.05, 4.69) is 44.7 Å². The molecule has 38 heavy (non-hydrogen) atoms. The number of carbonyl (C=O) groups excluding carboxylic acids is 1. The van der Waals surface area contributed by atoms with Crippen LogP contribution in [0, 0.1) is 11.8 Å². The number of unbranched alkanes of at least 4 members (excludes halogenated alkanes) is 2. The lowest BCUT2D eigenvalue weighted by atomic mass is 9.81. The average molecular weight is 532 g/mol. The molecule has 0 spiro atoms. The third-order valence-electron chi connectivity index (χ3n) is 8.04. The molecule has 1 aromatic rings. The molecule has 214 valence electrons. The molecule has 2 unspecified atom stereocenters. The Labute approximate surface area is 229 Å². The molecule has 4 atom stereocenters. The van der Waals surface area contributed by atoms with Crippen LogP contribution in [0.3, 0.4) is 0 Å². The van der Waals surface area contributed by atoms with Crippen molar-refractivity contribution in [1.29, 1.82) is 0 Å². The van der Waals surface area contributed by atoms with Crippen LogP contribution < -0.4 is 9.47 Å². The molecule has 1 amide bonds. The summed E-state index contributed by atoms with van der Waals surface area (Å²) in [6, 6.07) is 5.58. The van der Waals surface area contributed by atoms with Crippen LogP contribution in [0.2, 0.25) is 0 Å². The van der Waals surface area contributed by atoms with Gasteiger partial charge in [-0.1, -0.05) is 46.1 Å². The van der Waals surface area contributed by atoms with Crippen molar-refractivity contribution < 1.29 is 24.2 Å². The largest absolute Gasteiger partial charge is 0.481 e. The molecule has 2 aliphatic rings. The number of carboxylic acids is 1. The van der Waals surface area contributed by atoms with Crippen LogP contribution in [0.1, 0.15) is 77.2 Å². The Hall–Kier alpha value is -2.32. The molecule has 1 saturated heterocycles. The number of ether oxygens (including phenoxy) is 2. The molecule has 3 rings (SSSR count). The van der Waals surface area contributed by atoms with E-state index in [0.717, 1.165) is 70.1 Å². The van der Waals surface area contributed by atoms with E-state index < -0.39 is 11.9 Å². The van der Waals surface area contributed by atoms with E-state index in [1.807, 2.05) is 23.1 Å². The molecular weight excluding hydrogens is 482 g/mol. The highest BCUT2D eigenvalue weighted by Crippen LogP contribution is 2.43. The van der Waals surface area contributed by atoms with Gasteiger partial charge in [0.05, 0.1) is 12.5 Å². The number of nitrogens with zero attached hydrogens (tertiary/aromatic N) is 3. The van der Waals surface area contributed by atoms with Gasteiger partial charge in [0, 0.05) is 31.6 Å². The maximum atomic E-state index is 13.7. The van der Waals surface area contributed by atoms with Crippen LogP contribution in [0.4, 0.5) is 0 Å². The molecule has 1 N–H and O–H groups in total. The Kier molecular flexibility index (Phi) is 11.7. The molecular formula is C30H49N3O5. The Bertz CT molecular complexity index is 908. The van der Waals surface area contributed by atoms with Gasteiger partial charge in [0.2, 0.25) is 12.7 Å². The summed E-state index contributed by atoms with van der Waals surface area (Å²) in [4.78, 5) is 32.7. The van der Waals surface area contributed by atoms with Crippen LogP contribution in [0.25, 0.3) is 0 Å². The zero-order valence-electron chi connectivity index (χ0n) is 24.2. The Morgan fingerprint density at radius 1 is 1.05 bits per heavy atom. The van der Waals surface area contributed by atoms with Gasteiger partial charge in [-0.3, -0.25) is 14.5 Å². The summed E-state index contributed by atoms with van der Waals surface area (Å²) in [6.07, 6.45) is 6.93. The van der Waals surface area contributed by atoms with E-state index in [-0.39, 0.29) is 31.2 Å². The monoisotopic (exact) mass is 531 g/mol. The predicted octanol–water partition coefficient (Wildman–Crippen LogP) is 4.68. The summed E-state index contributed by atoms with van der Waals surface area (Å²) >= 11 is 0. The lowest BCUT2D eigenvalue weighted by Crippen LogP contribution is -2.45. The highest BCUT2D eigenvalue weighted by Gasteiger charge is 2.47. The number of amides is 1. The van der Waals surface area contributed by atoms with Gasteiger partial charge >= 0.3 is 5.97 Å². The minimum Gasteiger partial charge on any atom is -0.481 e. The normalized spacial score (nSPS) is 21.7. The SMILES string of the molecule is CCCCN(CCCCN(C)C)C(=O)CN1C[C@H](c2ccc3c(c2)OCO3)C(C(=O)O)[C@@H]1CC(C)CCC. The fourth-order valence-electron chi connectivity index (χ4n) is 6.01. The topological polar surface area (TPSA) is 82.5 Å². The van der Waals surface area contributed by atoms with Gasteiger partial charge in [0.1, 0.15) is 0 Å². The third-order valence-corrected chi connectivity index (χ3v) is 8.04. The van der Waals surface area contributed by atoms with Gasteiger partial charge in [0.15, 0.2) is 11.5 Å². The molecule has 0 saturated carbocycles. The molecule has 1 fully saturated rings. The number of aliphatic carboxylic acids is 1. The molecule has 0 aromatic heterocycles. The van der Waals surface area contributed by atoms with Gasteiger partial charge in [-0.2, -0.15) is 0 Å². The van der Waals surface area contributed by atoms with Crippen molar-refractivity contribution in [3.8, 4) is 11.5 Å². The molecule has 0 bridgehead atoms. The summed E-state index contributed by atoms with van der Waals surface area (Å²) in [6.45, 7) is 10.0. The number of carboxylic acid groups (broad SMARTS) is 1.